The summed E-state index contributed by atoms with van der Waals surface area (Å²) in [5.74, 6) is -0.512. The molecule has 4 N–H and O–H groups in total. The van der Waals surface area contributed by atoms with Crippen LogP contribution in [0.3, 0.4) is 0 Å². The molecule has 3 unspecified atom stereocenters. The molecule has 3 atom stereocenters. The Morgan fingerprint density at radius 1 is 0.706 bits per heavy atom. The van der Waals surface area contributed by atoms with Gasteiger partial charge in [0, 0.05) is 13.0 Å². The first-order valence-electron chi connectivity index (χ1n) is 19.9. The normalized spacial score (nSPS) is 14.8. The number of esters is 1. The highest BCUT2D eigenvalue weighted by Gasteiger charge is 2.25. The molecule has 0 aromatic heterocycles. The minimum atomic E-state index is -4.34. The number of ether oxygens (including phenoxy) is 2. The van der Waals surface area contributed by atoms with Crippen LogP contribution in [-0.2, 0) is 27.9 Å². The summed E-state index contributed by atoms with van der Waals surface area (Å²) in [5, 5.41) is 10.3. The molecule has 0 aliphatic heterocycles. The first kappa shape index (κ1) is 49.0. The van der Waals surface area contributed by atoms with Gasteiger partial charge in [-0.05, 0) is 57.4 Å². The van der Waals surface area contributed by atoms with Crippen LogP contribution >= 0.6 is 7.82 Å². The number of aliphatic hydroxyl groups excluding tert-OH is 1. The Bertz CT molecular complexity index is 981. The maximum atomic E-state index is 12.5. The molecular formula is C41H74NO8P. The monoisotopic (exact) mass is 740 g/mol. The van der Waals surface area contributed by atoms with Crippen molar-refractivity contribution >= 4 is 13.8 Å². The lowest BCUT2D eigenvalue weighted by Crippen LogP contribution is -2.28. The Hall–Kier alpha value is -2.00. The summed E-state index contributed by atoms with van der Waals surface area (Å²) >= 11 is 0. The van der Waals surface area contributed by atoms with Gasteiger partial charge < -0.3 is 25.2 Å². The first-order chi connectivity index (χ1) is 24.8. The molecule has 0 saturated carbocycles. The van der Waals surface area contributed by atoms with Crippen molar-refractivity contribution < 1.29 is 37.9 Å². The summed E-state index contributed by atoms with van der Waals surface area (Å²) in [6, 6.07) is 0. The number of phosphoric ester groups is 1. The van der Waals surface area contributed by atoms with Crippen molar-refractivity contribution in [1.82, 2.24) is 0 Å². The molecule has 296 valence electrons. The number of carbonyl (C=O) groups is 1. The van der Waals surface area contributed by atoms with E-state index in [0.717, 1.165) is 32.1 Å². The Labute approximate surface area is 311 Å². The van der Waals surface area contributed by atoms with Crippen LogP contribution in [0.5, 0.6) is 0 Å². The summed E-state index contributed by atoms with van der Waals surface area (Å²) < 4.78 is 32.9. The Kier molecular flexibility index (Phi) is 36.3. The minimum absolute atomic E-state index is 0.0415. The van der Waals surface area contributed by atoms with Gasteiger partial charge >= 0.3 is 13.8 Å². The van der Waals surface area contributed by atoms with E-state index in [-0.39, 0.29) is 32.8 Å². The van der Waals surface area contributed by atoms with Crippen molar-refractivity contribution in [1.29, 1.82) is 0 Å². The van der Waals surface area contributed by atoms with Crippen molar-refractivity contribution in [2.24, 2.45) is 5.73 Å². The number of carbonyl (C=O) groups excluding carboxylic acids is 1. The van der Waals surface area contributed by atoms with E-state index >= 15 is 0 Å². The summed E-state index contributed by atoms with van der Waals surface area (Å²) in [4.78, 5) is 22.4. The topological polar surface area (TPSA) is 138 Å². The van der Waals surface area contributed by atoms with E-state index in [9.17, 15) is 19.4 Å². The fraction of sp³-hybridized carbons (Fsp3) is 0.732. The van der Waals surface area contributed by atoms with Crippen molar-refractivity contribution in [3.05, 3.63) is 60.9 Å². The summed E-state index contributed by atoms with van der Waals surface area (Å²) in [7, 11) is -4.34. The largest absolute Gasteiger partial charge is 0.498 e. The fourth-order valence-corrected chi connectivity index (χ4v) is 5.89. The molecule has 0 spiro atoms. The molecule has 9 nitrogen and oxygen atoms in total. The predicted molar refractivity (Wildman–Crippen MR) is 211 cm³/mol. The molecule has 51 heavy (non-hydrogen) atoms. The molecule has 0 fully saturated rings. The maximum Gasteiger partial charge on any atom is 0.472 e. The zero-order valence-electron chi connectivity index (χ0n) is 32.2. The van der Waals surface area contributed by atoms with Gasteiger partial charge in [0.2, 0.25) is 0 Å². The lowest BCUT2D eigenvalue weighted by molar-refractivity contribution is -0.153. The van der Waals surface area contributed by atoms with Crippen LogP contribution in [0.25, 0.3) is 0 Å². The number of allylic oxidation sites excluding steroid dienone is 8. The molecule has 0 bridgehead atoms. The summed E-state index contributed by atoms with van der Waals surface area (Å²) in [6.07, 6.45) is 42.1. The lowest BCUT2D eigenvalue weighted by Gasteiger charge is -2.19. The highest BCUT2D eigenvalue weighted by molar-refractivity contribution is 7.47. The summed E-state index contributed by atoms with van der Waals surface area (Å²) in [6.45, 7) is 3.97. The van der Waals surface area contributed by atoms with Crippen LogP contribution in [0.15, 0.2) is 60.9 Å². The number of nitrogens with two attached hydrogens (primary N) is 1. The van der Waals surface area contributed by atoms with Gasteiger partial charge in [-0.3, -0.25) is 13.8 Å². The average Bonchev–Trinajstić information content (AvgIpc) is 3.11. The second kappa shape index (κ2) is 37.7. The van der Waals surface area contributed by atoms with Gasteiger partial charge in [-0.2, -0.15) is 0 Å². The molecule has 0 aliphatic carbocycles. The van der Waals surface area contributed by atoms with Gasteiger partial charge in [-0.1, -0.05) is 146 Å². The summed E-state index contributed by atoms with van der Waals surface area (Å²) in [5.41, 5.74) is 5.34. The fourth-order valence-electron chi connectivity index (χ4n) is 5.12. The van der Waals surface area contributed by atoms with Crippen molar-refractivity contribution in [3.63, 3.8) is 0 Å². The zero-order valence-corrected chi connectivity index (χ0v) is 33.1. The van der Waals surface area contributed by atoms with Crippen molar-refractivity contribution in [2.45, 2.75) is 167 Å². The number of unbranched alkanes of at least 4 members (excludes halogenated alkanes) is 15. The SMILES string of the molecule is CCCCC/C=C\C/C=C\C/C=C\C=C\C(O)CCCC(=O)OC(CO/C=C\CCCCCCCCCCCCCC)COP(=O)(O)OCCN. The molecule has 0 rings (SSSR count). The third-order valence-electron chi connectivity index (χ3n) is 8.11. The number of phosphoric acid groups is 1. The van der Waals surface area contributed by atoms with E-state index < -0.39 is 26.0 Å². The quantitative estimate of drug-likeness (QED) is 0.0142. The Balaban J connectivity index is 4.36. The van der Waals surface area contributed by atoms with Gasteiger partial charge in [0.25, 0.3) is 0 Å². The Morgan fingerprint density at radius 2 is 1.27 bits per heavy atom. The number of aliphatic hydroxyl groups is 1. The molecule has 0 amide bonds. The van der Waals surface area contributed by atoms with Gasteiger partial charge in [0.15, 0.2) is 6.10 Å². The van der Waals surface area contributed by atoms with Gasteiger partial charge in [-0.25, -0.2) is 4.57 Å². The van der Waals surface area contributed by atoms with E-state index in [2.05, 4.69) is 38.2 Å². The standard InChI is InChI=1S/C41H74NO8P/c1-3-5-7-9-11-13-15-17-19-21-23-25-27-29-35-47-37-40(38-49-51(45,46)48-36-34-42)50-41(44)33-30-32-39(43)31-28-26-24-22-20-18-16-14-12-10-8-6-4-2/h12,14,18,20,24,26,28-29,31,35,39-40,43H,3-11,13,15-17,19,21-23,25,27,30,32-34,36-38,42H2,1-2H3,(H,45,46)/b14-12-,20-18-,26-24-,31-28+,35-29-. The van der Waals surface area contributed by atoms with E-state index in [0.29, 0.717) is 12.8 Å². The van der Waals surface area contributed by atoms with Crippen LogP contribution in [-0.4, -0.2) is 54.5 Å². The highest BCUT2D eigenvalue weighted by Crippen LogP contribution is 2.43. The molecule has 0 heterocycles. The van der Waals surface area contributed by atoms with Crippen LogP contribution in [0.4, 0.5) is 0 Å². The number of hydrogen-bond donors (Lipinski definition) is 3. The first-order valence-corrected chi connectivity index (χ1v) is 21.4. The third-order valence-corrected chi connectivity index (χ3v) is 9.09. The van der Waals surface area contributed by atoms with Crippen molar-refractivity contribution in [2.75, 3.05) is 26.4 Å². The van der Waals surface area contributed by atoms with Crippen LogP contribution in [0.1, 0.15) is 155 Å². The van der Waals surface area contributed by atoms with Gasteiger partial charge in [-0.15, -0.1) is 0 Å². The van der Waals surface area contributed by atoms with Crippen molar-refractivity contribution in [3.8, 4) is 0 Å². The average molecular weight is 740 g/mol. The smallest absolute Gasteiger partial charge is 0.472 e. The molecule has 0 aliphatic rings. The molecule has 0 saturated heterocycles. The van der Waals surface area contributed by atoms with Crippen LogP contribution in [0, 0.1) is 0 Å². The van der Waals surface area contributed by atoms with E-state index in [1.54, 1.807) is 18.4 Å². The molecule has 10 heteroatoms. The predicted octanol–water partition coefficient (Wildman–Crippen LogP) is 10.7. The third kappa shape index (κ3) is 37.6. The molecule has 0 aromatic rings. The number of rotatable bonds is 37. The van der Waals surface area contributed by atoms with E-state index in [1.165, 1.54) is 89.9 Å². The van der Waals surface area contributed by atoms with Crippen LogP contribution < -0.4 is 5.73 Å². The second-order valence-corrected chi connectivity index (χ2v) is 14.5. The number of hydrogen-bond acceptors (Lipinski definition) is 8. The minimum Gasteiger partial charge on any atom is -0.498 e. The zero-order chi connectivity index (χ0) is 37.5. The van der Waals surface area contributed by atoms with E-state index in [4.69, 9.17) is 24.3 Å². The lowest BCUT2D eigenvalue weighted by atomic mass is 10.0. The van der Waals surface area contributed by atoms with Gasteiger partial charge in [0.05, 0.1) is 25.6 Å². The molecular weight excluding hydrogens is 665 g/mol. The van der Waals surface area contributed by atoms with E-state index in [1.807, 2.05) is 18.2 Å². The second-order valence-electron chi connectivity index (χ2n) is 13.1. The molecule has 0 aromatic carbocycles. The van der Waals surface area contributed by atoms with Gasteiger partial charge in [0.1, 0.15) is 6.61 Å². The molecule has 0 radical (unpaired) electrons. The Morgan fingerprint density at radius 3 is 1.94 bits per heavy atom. The maximum absolute atomic E-state index is 12.5. The van der Waals surface area contributed by atoms with Crippen LogP contribution in [0.2, 0.25) is 0 Å². The highest BCUT2D eigenvalue weighted by atomic mass is 31.2.